The summed E-state index contributed by atoms with van der Waals surface area (Å²) in [5.41, 5.74) is -0.183. The van der Waals surface area contributed by atoms with Gasteiger partial charge in [-0.3, -0.25) is 0 Å². The fourth-order valence-corrected chi connectivity index (χ4v) is 4.56. The highest BCUT2D eigenvalue weighted by atomic mass is 32.1. The van der Waals surface area contributed by atoms with Crippen molar-refractivity contribution in [3.8, 4) is 0 Å². The Kier molecular flexibility index (Phi) is 7.15. The molecule has 0 aliphatic heterocycles. The first-order valence-corrected chi connectivity index (χ1v) is 16.0. The Labute approximate surface area is 166 Å². The third-order valence-electron chi connectivity index (χ3n) is 5.92. The third kappa shape index (κ3) is 5.97. The maximum absolute atomic E-state index is 10.9. The van der Waals surface area contributed by atoms with Crippen molar-refractivity contribution in [1.29, 1.82) is 0 Å². The maximum Gasteiger partial charge on any atom is 0.192 e. The predicted molar refractivity (Wildman–Crippen MR) is 117 cm³/mol. The summed E-state index contributed by atoms with van der Waals surface area (Å²) >= 11 is 1.48. The Morgan fingerprint density at radius 2 is 1.38 bits per heavy atom. The number of rotatable bonds is 7. The molecule has 0 aromatic carbocycles. The largest absolute Gasteiger partial charge is 0.413 e. The van der Waals surface area contributed by atoms with Gasteiger partial charge < -0.3 is 14.0 Å². The fourth-order valence-electron chi connectivity index (χ4n) is 1.69. The second kappa shape index (κ2) is 7.75. The zero-order chi connectivity index (χ0) is 20.6. The number of thiazole rings is 1. The molecule has 0 aliphatic rings. The molecule has 7 heteroatoms. The second-order valence-electron chi connectivity index (χ2n) is 10.5. The summed E-state index contributed by atoms with van der Waals surface area (Å²) in [6, 6.07) is 0. The molecular formula is C19H39NO3SSi2. The van der Waals surface area contributed by atoms with E-state index in [1.807, 2.05) is 5.38 Å². The average molecular weight is 418 g/mol. The van der Waals surface area contributed by atoms with Gasteiger partial charge in [0.1, 0.15) is 10.6 Å². The van der Waals surface area contributed by atoms with Gasteiger partial charge >= 0.3 is 0 Å². The van der Waals surface area contributed by atoms with Crippen molar-refractivity contribution in [2.24, 2.45) is 0 Å². The SMILES string of the molecule is CC(O)(CO[Si](C)(C)C(C)(C)C)c1nc(CO[Si](C)(C)C(C)(C)C)cs1. The Morgan fingerprint density at radius 3 is 1.85 bits per heavy atom. The van der Waals surface area contributed by atoms with Crippen LogP contribution in [0.25, 0.3) is 0 Å². The van der Waals surface area contributed by atoms with E-state index in [1.165, 1.54) is 11.3 Å². The molecule has 1 rings (SSSR count). The van der Waals surface area contributed by atoms with Gasteiger partial charge in [-0.1, -0.05) is 41.5 Å². The molecule has 1 N–H and O–H groups in total. The smallest absolute Gasteiger partial charge is 0.192 e. The summed E-state index contributed by atoms with van der Waals surface area (Å²) in [4.78, 5) is 4.63. The van der Waals surface area contributed by atoms with E-state index in [2.05, 4.69) is 72.7 Å². The van der Waals surface area contributed by atoms with Crippen LogP contribution in [-0.4, -0.2) is 33.3 Å². The molecule has 26 heavy (non-hydrogen) atoms. The molecule has 0 amide bonds. The first kappa shape index (κ1) is 24.0. The topological polar surface area (TPSA) is 51.6 Å². The van der Waals surface area contributed by atoms with Crippen LogP contribution >= 0.6 is 11.3 Å². The monoisotopic (exact) mass is 417 g/mol. The lowest BCUT2D eigenvalue weighted by Crippen LogP contribution is -2.44. The molecule has 152 valence electrons. The average Bonchev–Trinajstić information content (AvgIpc) is 2.90. The number of hydrogen-bond acceptors (Lipinski definition) is 5. The number of aromatic nitrogens is 1. The number of nitrogens with zero attached hydrogens (tertiary/aromatic N) is 1. The van der Waals surface area contributed by atoms with Gasteiger partial charge in [-0.25, -0.2) is 4.98 Å². The Balaban J connectivity index is 2.76. The van der Waals surface area contributed by atoms with E-state index in [-0.39, 0.29) is 16.7 Å². The molecular weight excluding hydrogens is 378 g/mol. The quantitative estimate of drug-likeness (QED) is 0.562. The van der Waals surface area contributed by atoms with Gasteiger partial charge in [0, 0.05) is 5.38 Å². The highest BCUT2D eigenvalue weighted by Crippen LogP contribution is 2.39. The van der Waals surface area contributed by atoms with Crippen molar-refractivity contribution in [3.63, 3.8) is 0 Å². The molecule has 0 bridgehead atoms. The molecule has 1 unspecified atom stereocenters. The molecule has 1 aromatic heterocycles. The van der Waals surface area contributed by atoms with E-state index >= 15 is 0 Å². The van der Waals surface area contributed by atoms with E-state index in [0.717, 1.165) is 5.69 Å². The van der Waals surface area contributed by atoms with Crippen LogP contribution in [0.1, 0.15) is 59.2 Å². The zero-order valence-corrected chi connectivity index (χ0v) is 21.4. The molecule has 0 aliphatic carbocycles. The molecule has 0 radical (unpaired) electrons. The summed E-state index contributed by atoms with van der Waals surface area (Å²) in [6.45, 7) is 24.7. The van der Waals surface area contributed by atoms with Gasteiger partial charge in [-0.2, -0.15) is 0 Å². The van der Waals surface area contributed by atoms with E-state index in [0.29, 0.717) is 11.6 Å². The minimum Gasteiger partial charge on any atom is -0.413 e. The molecule has 1 aromatic rings. The van der Waals surface area contributed by atoms with Crippen molar-refractivity contribution < 1.29 is 14.0 Å². The Hall–Kier alpha value is -0.0562. The van der Waals surface area contributed by atoms with Crippen LogP contribution in [0.15, 0.2) is 5.38 Å². The van der Waals surface area contributed by atoms with Crippen molar-refractivity contribution in [2.45, 2.75) is 96.9 Å². The normalized spacial score (nSPS) is 16.6. The van der Waals surface area contributed by atoms with Gasteiger partial charge in [0.15, 0.2) is 16.6 Å². The van der Waals surface area contributed by atoms with E-state index in [9.17, 15) is 5.11 Å². The lowest BCUT2D eigenvalue weighted by atomic mass is 10.1. The van der Waals surface area contributed by atoms with Gasteiger partial charge in [0.05, 0.1) is 18.9 Å². The standard InChI is InChI=1S/C19H39NO3SSi2/c1-17(2,3)25(8,9)22-12-15-13-24-16(20-15)19(7,21)14-23-26(10,11)18(4,5)6/h13,21H,12,14H2,1-11H3. The van der Waals surface area contributed by atoms with Gasteiger partial charge in [0.2, 0.25) is 0 Å². The summed E-state index contributed by atoms with van der Waals surface area (Å²) in [7, 11) is -3.71. The minimum atomic E-state index is -1.90. The highest BCUT2D eigenvalue weighted by molar-refractivity contribution is 7.09. The Bertz CT molecular complexity index is 599. The second-order valence-corrected chi connectivity index (χ2v) is 21.0. The molecule has 0 saturated heterocycles. The summed E-state index contributed by atoms with van der Waals surface area (Å²) in [6.07, 6.45) is 0. The third-order valence-corrected chi connectivity index (χ3v) is 16.0. The van der Waals surface area contributed by atoms with E-state index < -0.39 is 22.2 Å². The molecule has 1 heterocycles. The maximum atomic E-state index is 10.9. The molecule has 0 spiro atoms. The Morgan fingerprint density at radius 1 is 0.923 bits per heavy atom. The summed E-state index contributed by atoms with van der Waals surface area (Å²) in [5.74, 6) is 0. The van der Waals surface area contributed by atoms with Crippen LogP contribution in [0.3, 0.4) is 0 Å². The zero-order valence-electron chi connectivity index (χ0n) is 18.6. The molecule has 1 atom stereocenters. The molecule has 0 saturated carbocycles. The highest BCUT2D eigenvalue weighted by Gasteiger charge is 2.40. The van der Waals surface area contributed by atoms with E-state index in [1.54, 1.807) is 6.92 Å². The van der Waals surface area contributed by atoms with Crippen LogP contribution in [0.5, 0.6) is 0 Å². The number of aliphatic hydroxyl groups is 1. The van der Waals surface area contributed by atoms with Crippen LogP contribution in [0, 0.1) is 0 Å². The van der Waals surface area contributed by atoms with Gasteiger partial charge in [-0.05, 0) is 43.2 Å². The van der Waals surface area contributed by atoms with Crippen LogP contribution in [0.2, 0.25) is 36.3 Å². The minimum absolute atomic E-state index is 0.119. The predicted octanol–water partition coefficient (Wildman–Crippen LogP) is 5.89. The van der Waals surface area contributed by atoms with Gasteiger partial charge in [-0.15, -0.1) is 11.3 Å². The number of hydrogen-bond donors (Lipinski definition) is 1. The first-order chi connectivity index (χ1) is 11.4. The van der Waals surface area contributed by atoms with Crippen LogP contribution in [-0.2, 0) is 21.1 Å². The summed E-state index contributed by atoms with van der Waals surface area (Å²) in [5, 5.41) is 13.9. The van der Waals surface area contributed by atoms with Crippen molar-refractivity contribution in [2.75, 3.05) is 6.61 Å². The molecule has 4 nitrogen and oxygen atoms in total. The lowest BCUT2D eigenvalue weighted by molar-refractivity contribution is 0.00224. The fraction of sp³-hybridized carbons (Fsp3) is 0.842. The van der Waals surface area contributed by atoms with Crippen molar-refractivity contribution in [1.82, 2.24) is 4.98 Å². The first-order valence-electron chi connectivity index (χ1n) is 9.34. The van der Waals surface area contributed by atoms with Crippen LogP contribution < -0.4 is 0 Å². The van der Waals surface area contributed by atoms with E-state index in [4.69, 9.17) is 8.85 Å². The van der Waals surface area contributed by atoms with Crippen molar-refractivity contribution in [3.05, 3.63) is 16.1 Å². The van der Waals surface area contributed by atoms with Gasteiger partial charge in [0.25, 0.3) is 0 Å². The lowest BCUT2D eigenvalue weighted by Gasteiger charge is -2.38. The van der Waals surface area contributed by atoms with Crippen LogP contribution in [0.4, 0.5) is 0 Å². The summed E-state index contributed by atoms with van der Waals surface area (Å²) < 4.78 is 12.5. The van der Waals surface area contributed by atoms with Crippen molar-refractivity contribution >= 4 is 28.0 Å². The molecule has 0 fully saturated rings.